The maximum absolute atomic E-state index is 11.2. The number of primary amides is 1. The molecule has 3 rings (SSSR count). The molecule has 0 aliphatic carbocycles. The fourth-order valence-electron chi connectivity index (χ4n) is 2.35. The van der Waals surface area contributed by atoms with Crippen molar-refractivity contribution in [2.45, 2.75) is 12.8 Å². The van der Waals surface area contributed by atoms with Gasteiger partial charge in [0.2, 0.25) is 5.91 Å². The van der Waals surface area contributed by atoms with Gasteiger partial charge in [-0.15, -0.1) is 0 Å². The van der Waals surface area contributed by atoms with Gasteiger partial charge in [0.1, 0.15) is 5.82 Å². The highest BCUT2D eigenvalue weighted by Crippen LogP contribution is 2.26. The van der Waals surface area contributed by atoms with E-state index < -0.39 is 5.91 Å². The van der Waals surface area contributed by atoms with E-state index >= 15 is 0 Å². The molecule has 20 heavy (non-hydrogen) atoms. The number of rotatable bonds is 3. The van der Waals surface area contributed by atoms with Crippen molar-refractivity contribution in [1.29, 1.82) is 0 Å². The second kappa shape index (κ2) is 5.21. The minimum Gasteiger partial charge on any atom is -0.385 e. The number of benzene rings is 1. The number of hydrogen-bond donors (Lipinski definition) is 3. The van der Waals surface area contributed by atoms with Crippen LogP contribution in [0.1, 0.15) is 22.3 Å². The number of nitrogens with zero attached hydrogens (tertiary/aromatic N) is 1. The first kappa shape index (κ1) is 12.5. The Labute approximate surface area is 117 Å². The second-order valence-corrected chi connectivity index (χ2v) is 4.82. The van der Waals surface area contributed by atoms with Crippen LogP contribution in [-0.4, -0.2) is 17.4 Å². The van der Waals surface area contributed by atoms with Crippen LogP contribution in [0, 0.1) is 0 Å². The van der Waals surface area contributed by atoms with E-state index in [1.54, 1.807) is 18.3 Å². The van der Waals surface area contributed by atoms with Crippen LogP contribution in [0.5, 0.6) is 0 Å². The number of hydrogen-bond acceptors (Lipinski definition) is 4. The molecular formula is C15H16N4O. The molecule has 2 aromatic rings. The number of pyridine rings is 1. The van der Waals surface area contributed by atoms with Crippen molar-refractivity contribution >= 4 is 23.1 Å². The fraction of sp³-hybridized carbons (Fsp3) is 0.200. The van der Waals surface area contributed by atoms with E-state index in [1.807, 2.05) is 6.07 Å². The topological polar surface area (TPSA) is 80.0 Å². The predicted octanol–water partition coefficient (Wildman–Crippen LogP) is 2.28. The molecule has 1 aromatic carbocycles. The van der Waals surface area contributed by atoms with Gasteiger partial charge in [0.05, 0.1) is 0 Å². The molecule has 1 amide bonds. The predicted molar refractivity (Wildman–Crippen MR) is 79.3 cm³/mol. The zero-order valence-corrected chi connectivity index (χ0v) is 11.0. The van der Waals surface area contributed by atoms with Crippen LogP contribution >= 0.6 is 0 Å². The Morgan fingerprint density at radius 2 is 2.20 bits per heavy atom. The quantitative estimate of drug-likeness (QED) is 0.797. The van der Waals surface area contributed by atoms with E-state index in [2.05, 4.69) is 27.8 Å². The number of aromatic nitrogens is 1. The average Bonchev–Trinajstić information content (AvgIpc) is 2.47. The lowest BCUT2D eigenvalue weighted by molar-refractivity contribution is 0.1000. The van der Waals surface area contributed by atoms with Crippen molar-refractivity contribution in [2.75, 3.05) is 17.2 Å². The van der Waals surface area contributed by atoms with Crippen molar-refractivity contribution in [2.24, 2.45) is 5.73 Å². The number of fused-ring (bicyclic) bond motifs is 1. The van der Waals surface area contributed by atoms with Crippen LogP contribution in [0.3, 0.4) is 0 Å². The van der Waals surface area contributed by atoms with Gasteiger partial charge < -0.3 is 16.4 Å². The van der Waals surface area contributed by atoms with Crippen LogP contribution in [0.2, 0.25) is 0 Å². The molecule has 1 aliphatic rings. The highest BCUT2D eigenvalue weighted by atomic mass is 16.1. The molecule has 0 bridgehead atoms. The molecule has 2 heterocycles. The molecule has 0 atom stereocenters. The van der Waals surface area contributed by atoms with Crippen molar-refractivity contribution in [1.82, 2.24) is 4.98 Å². The molecular weight excluding hydrogens is 252 g/mol. The van der Waals surface area contributed by atoms with Gasteiger partial charge in [0.25, 0.3) is 0 Å². The smallest absolute Gasteiger partial charge is 0.248 e. The van der Waals surface area contributed by atoms with Gasteiger partial charge in [-0.25, -0.2) is 4.98 Å². The Hall–Kier alpha value is -2.56. The number of aryl methyl sites for hydroxylation is 1. The van der Waals surface area contributed by atoms with Gasteiger partial charge in [-0.05, 0) is 48.7 Å². The fourth-order valence-corrected chi connectivity index (χ4v) is 2.35. The number of carbonyl (C=O) groups is 1. The lowest BCUT2D eigenvalue weighted by Crippen LogP contribution is -2.12. The SMILES string of the molecule is NC(=O)c1ccnc(Nc2ccc3c(c2)CCCN3)c1. The average molecular weight is 268 g/mol. The van der Waals surface area contributed by atoms with Crippen molar-refractivity contribution < 1.29 is 4.79 Å². The largest absolute Gasteiger partial charge is 0.385 e. The first-order chi connectivity index (χ1) is 9.72. The molecule has 5 nitrogen and oxygen atoms in total. The van der Waals surface area contributed by atoms with Crippen LogP contribution in [0.25, 0.3) is 0 Å². The van der Waals surface area contributed by atoms with Gasteiger partial charge in [-0.2, -0.15) is 0 Å². The van der Waals surface area contributed by atoms with Gasteiger partial charge >= 0.3 is 0 Å². The van der Waals surface area contributed by atoms with E-state index in [1.165, 1.54) is 11.3 Å². The number of carbonyl (C=O) groups excluding carboxylic acids is 1. The van der Waals surface area contributed by atoms with Gasteiger partial charge in [0.15, 0.2) is 0 Å². The van der Waals surface area contributed by atoms with Crippen LogP contribution in [-0.2, 0) is 6.42 Å². The summed E-state index contributed by atoms with van der Waals surface area (Å²) in [6.45, 7) is 1.03. The Kier molecular flexibility index (Phi) is 3.25. The molecule has 0 spiro atoms. The standard InChI is InChI=1S/C15H16N4O/c16-15(20)11-5-7-18-14(9-11)19-12-3-4-13-10(8-12)2-1-6-17-13/h3-5,7-9,17H,1-2,6H2,(H2,16,20)(H,18,19). The molecule has 0 radical (unpaired) electrons. The molecule has 0 saturated heterocycles. The summed E-state index contributed by atoms with van der Waals surface area (Å²) in [4.78, 5) is 15.4. The summed E-state index contributed by atoms with van der Waals surface area (Å²) >= 11 is 0. The van der Waals surface area contributed by atoms with Crippen LogP contribution in [0.4, 0.5) is 17.2 Å². The van der Waals surface area contributed by atoms with Gasteiger partial charge in [0, 0.05) is 29.7 Å². The minimum absolute atomic E-state index is 0.446. The van der Waals surface area contributed by atoms with E-state index in [4.69, 9.17) is 5.73 Å². The third-order valence-electron chi connectivity index (χ3n) is 3.36. The van der Waals surface area contributed by atoms with Crippen molar-refractivity contribution in [3.63, 3.8) is 0 Å². The van der Waals surface area contributed by atoms with Gasteiger partial charge in [-0.3, -0.25) is 4.79 Å². The summed E-state index contributed by atoms with van der Waals surface area (Å²) in [5.41, 5.74) is 9.16. The summed E-state index contributed by atoms with van der Waals surface area (Å²) in [5.74, 6) is 0.162. The summed E-state index contributed by atoms with van der Waals surface area (Å²) in [6, 6.07) is 9.43. The van der Waals surface area contributed by atoms with E-state index in [0.29, 0.717) is 11.4 Å². The van der Waals surface area contributed by atoms with Crippen molar-refractivity contribution in [3.05, 3.63) is 47.7 Å². The number of anilines is 3. The Morgan fingerprint density at radius 3 is 3.05 bits per heavy atom. The number of amides is 1. The molecule has 0 unspecified atom stereocenters. The molecule has 1 aromatic heterocycles. The van der Waals surface area contributed by atoms with E-state index in [9.17, 15) is 4.79 Å². The maximum atomic E-state index is 11.2. The second-order valence-electron chi connectivity index (χ2n) is 4.82. The number of nitrogens with two attached hydrogens (primary N) is 1. The zero-order chi connectivity index (χ0) is 13.9. The van der Waals surface area contributed by atoms with Crippen molar-refractivity contribution in [3.8, 4) is 0 Å². The van der Waals surface area contributed by atoms with E-state index in [-0.39, 0.29) is 0 Å². The third-order valence-corrected chi connectivity index (χ3v) is 3.36. The first-order valence-corrected chi connectivity index (χ1v) is 6.62. The minimum atomic E-state index is -0.454. The summed E-state index contributed by atoms with van der Waals surface area (Å²) in [5, 5.41) is 6.58. The molecule has 5 heteroatoms. The maximum Gasteiger partial charge on any atom is 0.248 e. The third kappa shape index (κ3) is 2.56. The lowest BCUT2D eigenvalue weighted by atomic mass is 10.0. The van der Waals surface area contributed by atoms with Crippen LogP contribution in [0.15, 0.2) is 36.5 Å². The summed E-state index contributed by atoms with van der Waals surface area (Å²) in [6.07, 6.45) is 3.79. The summed E-state index contributed by atoms with van der Waals surface area (Å²) < 4.78 is 0. The number of nitrogens with one attached hydrogen (secondary N) is 2. The molecule has 102 valence electrons. The zero-order valence-electron chi connectivity index (χ0n) is 11.0. The Balaban J connectivity index is 1.84. The highest BCUT2D eigenvalue weighted by molar-refractivity contribution is 5.93. The molecule has 0 fully saturated rings. The molecule has 1 aliphatic heterocycles. The normalized spacial score (nSPS) is 13.2. The Morgan fingerprint density at radius 1 is 1.30 bits per heavy atom. The Bertz CT molecular complexity index is 654. The monoisotopic (exact) mass is 268 g/mol. The summed E-state index contributed by atoms with van der Waals surface area (Å²) in [7, 11) is 0. The first-order valence-electron chi connectivity index (χ1n) is 6.62. The molecule has 4 N–H and O–H groups in total. The van der Waals surface area contributed by atoms with E-state index in [0.717, 1.165) is 25.1 Å². The lowest BCUT2D eigenvalue weighted by Gasteiger charge is -2.19. The molecule has 0 saturated carbocycles. The van der Waals surface area contributed by atoms with Gasteiger partial charge in [-0.1, -0.05) is 0 Å². The van der Waals surface area contributed by atoms with Crippen LogP contribution < -0.4 is 16.4 Å². The highest BCUT2D eigenvalue weighted by Gasteiger charge is 2.09.